The maximum atomic E-state index is 12.7. The van der Waals surface area contributed by atoms with E-state index >= 15 is 0 Å². The van der Waals surface area contributed by atoms with Crippen LogP contribution in [0.25, 0.3) is 11.7 Å². The molecule has 1 N–H and O–H groups in total. The summed E-state index contributed by atoms with van der Waals surface area (Å²) >= 11 is 0. The molecule has 0 aliphatic carbocycles. The van der Waals surface area contributed by atoms with Gasteiger partial charge in [0.05, 0.1) is 13.4 Å². The number of benzene rings is 1. The van der Waals surface area contributed by atoms with Gasteiger partial charge in [0.2, 0.25) is 17.5 Å². The summed E-state index contributed by atoms with van der Waals surface area (Å²) in [5.74, 6) is 1.02. The standard InChI is InChI=1S/C24H24F2N4O5/c1-32-20-13-15(4-5-18(20)34-24(25)26)6-9-28-21(31)16-7-10-30(11-8-16)23-17(14-27)29-22(35-23)19-3-2-12-33-19/h2-5,12-13,16,24H,6-11H2,1H3,(H,28,31). The third-order valence-electron chi connectivity index (χ3n) is 5.76. The highest BCUT2D eigenvalue weighted by Gasteiger charge is 2.29. The van der Waals surface area contributed by atoms with E-state index in [4.69, 9.17) is 13.6 Å². The van der Waals surface area contributed by atoms with Gasteiger partial charge in [0.25, 0.3) is 5.89 Å². The Morgan fingerprint density at radius 3 is 2.77 bits per heavy atom. The Bertz CT molecular complexity index is 1180. The number of halogens is 2. The lowest BCUT2D eigenvalue weighted by molar-refractivity contribution is -0.125. The van der Waals surface area contributed by atoms with Crippen LogP contribution >= 0.6 is 0 Å². The van der Waals surface area contributed by atoms with Gasteiger partial charge in [0, 0.05) is 25.6 Å². The smallest absolute Gasteiger partial charge is 0.387 e. The normalized spacial score (nSPS) is 14.1. The van der Waals surface area contributed by atoms with Crippen LogP contribution in [0.5, 0.6) is 11.5 Å². The fraction of sp³-hybridized carbons (Fsp3) is 0.375. The van der Waals surface area contributed by atoms with Gasteiger partial charge in [-0.15, -0.1) is 0 Å². The second-order valence-electron chi connectivity index (χ2n) is 7.93. The summed E-state index contributed by atoms with van der Waals surface area (Å²) < 4.78 is 45.5. The molecule has 1 aliphatic rings. The Balaban J connectivity index is 1.27. The van der Waals surface area contributed by atoms with Gasteiger partial charge < -0.3 is 28.5 Å². The molecule has 1 amide bonds. The molecule has 0 radical (unpaired) electrons. The number of methoxy groups -OCH3 is 1. The van der Waals surface area contributed by atoms with E-state index in [0.717, 1.165) is 5.56 Å². The van der Waals surface area contributed by atoms with Crippen molar-refractivity contribution in [3.05, 3.63) is 47.9 Å². The van der Waals surface area contributed by atoms with Gasteiger partial charge in [-0.2, -0.15) is 19.0 Å². The zero-order chi connectivity index (χ0) is 24.8. The number of carbonyl (C=O) groups is 1. The van der Waals surface area contributed by atoms with Crippen LogP contribution in [0.15, 0.2) is 45.4 Å². The van der Waals surface area contributed by atoms with Crippen molar-refractivity contribution < 1.29 is 31.9 Å². The number of furan rings is 1. The van der Waals surface area contributed by atoms with E-state index in [9.17, 15) is 18.8 Å². The molecule has 0 atom stereocenters. The molecule has 0 saturated carbocycles. The lowest BCUT2D eigenvalue weighted by Crippen LogP contribution is -2.41. The third kappa shape index (κ3) is 5.71. The highest BCUT2D eigenvalue weighted by Crippen LogP contribution is 2.32. The maximum absolute atomic E-state index is 12.7. The number of nitrogens with one attached hydrogen (secondary N) is 1. The zero-order valence-corrected chi connectivity index (χ0v) is 19.0. The second-order valence-corrected chi connectivity index (χ2v) is 7.93. The lowest BCUT2D eigenvalue weighted by atomic mass is 9.96. The average Bonchev–Trinajstić information content (AvgIpc) is 3.54. The summed E-state index contributed by atoms with van der Waals surface area (Å²) in [4.78, 5) is 18.8. The van der Waals surface area contributed by atoms with Crippen LogP contribution in [-0.4, -0.2) is 44.2 Å². The molecule has 1 aliphatic heterocycles. The van der Waals surface area contributed by atoms with E-state index in [-0.39, 0.29) is 34.9 Å². The highest BCUT2D eigenvalue weighted by atomic mass is 19.3. The number of hydrogen-bond donors (Lipinski definition) is 1. The minimum Gasteiger partial charge on any atom is -0.493 e. The lowest BCUT2D eigenvalue weighted by Gasteiger charge is -2.31. The molecule has 0 spiro atoms. The van der Waals surface area contributed by atoms with Gasteiger partial charge in [-0.3, -0.25) is 4.79 Å². The molecule has 11 heteroatoms. The van der Waals surface area contributed by atoms with Gasteiger partial charge in [-0.25, -0.2) is 0 Å². The van der Waals surface area contributed by atoms with E-state index in [2.05, 4.69) is 21.1 Å². The fourth-order valence-electron chi connectivity index (χ4n) is 3.98. The number of carbonyl (C=O) groups excluding carboxylic acids is 1. The number of oxazole rings is 1. The van der Waals surface area contributed by atoms with E-state index in [1.807, 2.05) is 4.90 Å². The monoisotopic (exact) mass is 486 g/mol. The molecule has 4 rings (SSSR count). The van der Waals surface area contributed by atoms with Crippen LogP contribution in [0.3, 0.4) is 0 Å². The number of ether oxygens (including phenoxy) is 2. The first-order valence-electron chi connectivity index (χ1n) is 11.1. The van der Waals surface area contributed by atoms with Crippen molar-refractivity contribution in [2.45, 2.75) is 25.9 Å². The summed E-state index contributed by atoms with van der Waals surface area (Å²) in [6.45, 7) is -1.45. The molecule has 0 unspecified atom stereocenters. The number of anilines is 1. The summed E-state index contributed by atoms with van der Waals surface area (Å²) in [5, 5.41) is 12.4. The maximum Gasteiger partial charge on any atom is 0.387 e. The summed E-state index contributed by atoms with van der Waals surface area (Å²) in [6.07, 6.45) is 3.21. The first-order chi connectivity index (χ1) is 17.0. The Hall–Kier alpha value is -4.07. The van der Waals surface area contributed by atoms with Gasteiger partial charge in [-0.1, -0.05) is 6.07 Å². The molecule has 1 saturated heterocycles. The first-order valence-corrected chi connectivity index (χ1v) is 11.1. The predicted molar refractivity (Wildman–Crippen MR) is 120 cm³/mol. The van der Waals surface area contributed by atoms with Crippen molar-refractivity contribution in [1.82, 2.24) is 10.3 Å². The fourth-order valence-corrected chi connectivity index (χ4v) is 3.98. The molecule has 0 bridgehead atoms. The van der Waals surface area contributed by atoms with Crippen LogP contribution in [0, 0.1) is 17.2 Å². The van der Waals surface area contributed by atoms with Crippen LogP contribution in [0.1, 0.15) is 24.1 Å². The Morgan fingerprint density at radius 2 is 2.11 bits per heavy atom. The molecule has 9 nitrogen and oxygen atoms in total. The average molecular weight is 486 g/mol. The number of amides is 1. The van der Waals surface area contributed by atoms with Gasteiger partial charge >= 0.3 is 6.61 Å². The van der Waals surface area contributed by atoms with Gasteiger partial charge in [0.15, 0.2) is 17.3 Å². The summed E-state index contributed by atoms with van der Waals surface area (Å²) in [7, 11) is 1.38. The number of hydrogen-bond acceptors (Lipinski definition) is 8. The molecular weight excluding hydrogens is 462 g/mol. The molecule has 3 aromatic rings. The molecular formula is C24H24F2N4O5. The predicted octanol–water partition coefficient (Wildman–Crippen LogP) is 3.99. The Morgan fingerprint density at radius 1 is 1.31 bits per heavy atom. The Labute approximate surface area is 200 Å². The highest BCUT2D eigenvalue weighted by molar-refractivity contribution is 5.79. The molecule has 1 aromatic carbocycles. The van der Waals surface area contributed by atoms with Crippen LogP contribution in [0.2, 0.25) is 0 Å². The molecule has 2 aromatic heterocycles. The summed E-state index contributed by atoms with van der Waals surface area (Å²) in [5.41, 5.74) is 1.000. The van der Waals surface area contributed by atoms with Crippen molar-refractivity contribution in [2.75, 3.05) is 31.6 Å². The van der Waals surface area contributed by atoms with Crippen molar-refractivity contribution in [1.29, 1.82) is 5.26 Å². The van der Waals surface area contributed by atoms with Crippen molar-refractivity contribution >= 4 is 11.8 Å². The van der Waals surface area contributed by atoms with Crippen LogP contribution in [-0.2, 0) is 11.2 Å². The number of alkyl halides is 2. The minimum atomic E-state index is -2.94. The van der Waals surface area contributed by atoms with Crippen LogP contribution in [0.4, 0.5) is 14.7 Å². The molecule has 1 fully saturated rings. The number of rotatable bonds is 9. The molecule has 184 valence electrons. The number of aromatic nitrogens is 1. The quantitative estimate of drug-likeness (QED) is 0.483. The van der Waals surface area contributed by atoms with E-state index in [1.54, 1.807) is 24.3 Å². The van der Waals surface area contributed by atoms with Gasteiger partial charge in [0.1, 0.15) is 6.07 Å². The first kappa shape index (κ1) is 24.1. The topological polar surface area (TPSA) is 114 Å². The Kier molecular flexibility index (Phi) is 7.50. The zero-order valence-electron chi connectivity index (χ0n) is 19.0. The largest absolute Gasteiger partial charge is 0.493 e. The van der Waals surface area contributed by atoms with Crippen molar-refractivity contribution in [3.63, 3.8) is 0 Å². The van der Waals surface area contributed by atoms with E-state index in [0.29, 0.717) is 50.5 Å². The number of piperidine rings is 1. The molecule has 35 heavy (non-hydrogen) atoms. The van der Waals surface area contributed by atoms with E-state index < -0.39 is 6.61 Å². The van der Waals surface area contributed by atoms with Crippen LogP contribution < -0.4 is 19.7 Å². The second kappa shape index (κ2) is 10.9. The molecule has 3 heterocycles. The van der Waals surface area contributed by atoms with E-state index in [1.165, 1.54) is 19.4 Å². The SMILES string of the molecule is COc1cc(CCNC(=O)C2CCN(c3oc(-c4ccco4)nc3C#N)CC2)ccc1OC(F)F. The number of nitriles is 1. The van der Waals surface area contributed by atoms with Gasteiger partial charge in [-0.05, 0) is 49.1 Å². The van der Waals surface area contributed by atoms with Crippen molar-refractivity contribution in [2.24, 2.45) is 5.92 Å². The minimum absolute atomic E-state index is 0.0374. The summed E-state index contributed by atoms with van der Waals surface area (Å²) in [6, 6.07) is 10.2. The number of nitrogens with zero attached hydrogens (tertiary/aromatic N) is 3. The van der Waals surface area contributed by atoms with Crippen molar-refractivity contribution in [3.8, 4) is 29.2 Å². The third-order valence-corrected chi connectivity index (χ3v) is 5.76.